The Labute approximate surface area is 94.6 Å². The molecule has 0 spiro atoms. The number of rotatable bonds is 6. The van der Waals surface area contributed by atoms with Gasteiger partial charge in [-0.15, -0.1) is 0 Å². The molecular formula is C10H18N4O2. The summed E-state index contributed by atoms with van der Waals surface area (Å²) in [5, 5.41) is 6.46. The molecule has 6 nitrogen and oxygen atoms in total. The van der Waals surface area contributed by atoms with Gasteiger partial charge in [-0.3, -0.25) is 4.79 Å². The summed E-state index contributed by atoms with van der Waals surface area (Å²) >= 11 is 0. The lowest BCUT2D eigenvalue weighted by Gasteiger charge is -2.11. The second kappa shape index (κ2) is 6.22. The van der Waals surface area contributed by atoms with Crippen molar-refractivity contribution >= 4 is 5.91 Å². The van der Waals surface area contributed by atoms with E-state index in [1.807, 2.05) is 6.92 Å². The first-order chi connectivity index (χ1) is 7.67. The van der Waals surface area contributed by atoms with Gasteiger partial charge in [-0.2, -0.15) is 4.98 Å². The number of aryl methyl sites for hydroxylation is 1. The molecule has 1 aromatic rings. The average Bonchev–Trinajstić information content (AvgIpc) is 2.66. The van der Waals surface area contributed by atoms with Crippen LogP contribution in [0.4, 0.5) is 0 Å². The number of aromatic nitrogens is 2. The maximum Gasteiger partial charge on any atom is 0.228 e. The van der Waals surface area contributed by atoms with Crippen molar-refractivity contribution in [1.82, 2.24) is 15.5 Å². The molecule has 1 unspecified atom stereocenters. The lowest BCUT2D eigenvalue weighted by molar-refractivity contribution is -0.124. The first-order valence-electron chi connectivity index (χ1n) is 5.44. The van der Waals surface area contributed by atoms with E-state index in [2.05, 4.69) is 15.5 Å². The largest absolute Gasteiger partial charge is 0.355 e. The van der Waals surface area contributed by atoms with Crippen LogP contribution in [0.1, 0.15) is 25.1 Å². The van der Waals surface area contributed by atoms with Gasteiger partial charge in [0.1, 0.15) is 0 Å². The number of nitrogens with two attached hydrogens (primary N) is 1. The fourth-order valence-corrected chi connectivity index (χ4v) is 1.34. The zero-order valence-corrected chi connectivity index (χ0v) is 9.69. The van der Waals surface area contributed by atoms with E-state index in [0.29, 0.717) is 31.2 Å². The molecule has 0 bridgehead atoms. The average molecular weight is 226 g/mol. The number of carbonyl (C=O) groups excluding carboxylic acids is 1. The van der Waals surface area contributed by atoms with Crippen molar-refractivity contribution in [3.05, 3.63) is 11.7 Å². The van der Waals surface area contributed by atoms with E-state index >= 15 is 0 Å². The Hall–Kier alpha value is -1.43. The fraction of sp³-hybridized carbons (Fsp3) is 0.700. The number of hydrogen-bond acceptors (Lipinski definition) is 5. The molecule has 0 saturated carbocycles. The Balaban J connectivity index is 2.27. The van der Waals surface area contributed by atoms with E-state index in [1.54, 1.807) is 6.92 Å². The molecule has 1 aromatic heterocycles. The minimum absolute atomic E-state index is 0.0127. The summed E-state index contributed by atoms with van der Waals surface area (Å²) < 4.78 is 4.92. The summed E-state index contributed by atoms with van der Waals surface area (Å²) in [5.74, 6) is 1.03. The summed E-state index contributed by atoms with van der Waals surface area (Å²) in [7, 11) is 0. The van der Waals surface area contributed by atoms with Crippen LogP contribution >= 0.6 is 0 Å². The molecule has 1 amide bonds. The van der Waals surface area contributed by atoms with Crippen LogP contribution in [0, 0.1) is 12.8 Å². The van der Waals surface area contributed by atoms with Crippen LogP contribution in [0.3, 0.4) is 0 Å². The minimum Gasteiger partial charge on any atom is -0.355 e. The highest BCUT2D eigenvalue weighted by Crippen LogP contribution is 2.00. The summed E-state index contributed by atoms with van der Waals surface area (Å²) in [5.41, 5.74) is 5.47. The lowest BCUT2D eigenvalue weighted by atomic mass is 10.1. The first-order valence-corrected chi connectivity index (χ1v) is 5.44. The van der Waals surface area contributed by atoms with Crippen molar-refractivity contribution in [2.24, 2.45) is 11.7 Å². The third kappa shape index (κ3) is 3.62. The van der Waals surface area contributed by atoms with Crippen molar-refractivity contribution < 1.29 is 9.32 Å². The molecule has 0 aliphatic heterocycles. The molecule has 3 N–H and O–H groups in total. The number of hydrogen-bond donors (Lipinski definition) is 2. The third-order valence-corrected chi connectivity index (χ3v) is 2.36. The second-order valence-electron chi connectivity index (χ2n) is 3.62. The molecular weight excluding hydrogens is 208 g/mol. The van der Waals surface area contributed by atoms with Gasteiger partial charge >= 0.3 is 0 Å². The van der Waals surface area contributed by atoms with E-state index in [1.165, 1.54) is 0 Å². The fourth-order valence-electron chi connectivity index (χ4n) is 1.34. The monoisotopic (exact) mass is 226 g/mol. The highest BCUT2D eigenvalue weighted by Gasteiger charge is 2.13. The van der Waals surface area contributed by atoms with Crippen molar-refractivity contribution in [3.8, 4) is 0 Å². The van der Waals surface area contributed by atoms with E-state index in [-0.39, 0.29) is 11.8 Å². The summed E-state index contributed by atoms with van der Waals surface area (Å²) in [4.78, 5) is 15.6. The molecule has 16 heavy (non-hydrogen) atoms. The van der Waals surface area contributed by atoms with Gasteiger partial charge in [0.25, 0.3) is 0 Å². The molecule has 0 radical (unpaired) electrons. The van der Waals surface area contributed by atoms with Crippen molar-refractivity contribution in [2.75, 3.05) is 13.1 Å². The van der Waals surface area contributed by atoms with Crippen molar-refractivity contribution in [3.63, 3.8) is 0 Å². The van der Waals surface area contributed by atoms with Gasteiger partial charge in [-0.1, -0.05) is 12.1 Å². The quantitative estimate of drug-likeness (QED) is 0.713. The Kier molecular flexibility index (Phi) is 4.91. The summed E-state index contributed by atoms with van der Waals surface area (Å²) in [6.45, 7) is 4.57. The van der Waals surface area contributed by atoms with Gasteiger partial charge in [0.2, 0.25) is 11.8 Å². The SMILES string of the molecule is CCC(CN)C(=O)NCCc1nc(C)no1. The Morgan fingerprint density at radius 1 is 1.62 bits per heavy atom. The van der Waals surface area contributed by atoms with Crippen LogP contribution in [0.15, 0.2) is 4.52 Å². The molecule has 0 saturated heterocycles. The Morgan fingerprint density at radius 2 is 2.38 bits per heavy atom. The molecule has 0 aliphatic rings. The summed E-state index contributed by atoms with van der Waals surface area (Å²) in [6.07, 6.45) is 1.30. The predicted molar refractivity (Wildman–Crippen MR) is 58.6 cm³/mol. The third-order valence-electron chi connectivity index (χ3n) is 2.36. The lowest BCUT2D eigenvalue weighted by Crippen LogP contribution is -2.35. The highest BCUT2D eigenvalue weighted by atomic mass is 16.5. The van der Waals surface area contributed by atoms with Gasteiger partial charge in [-0.05, 0) is 13.3 Å². The first kappa shape index (κ1) is 12.6. The normalized spacial score (nSPS) is 12.4. The topological polar surface area (TPSA) is 94.0 Å². The zero-order valence-electron chi connectivity index (χ0n) is 9.69. The molecule has 0 aliphatic carbocycles. The van der Waals surface area contributed by atoms with Crippen molar-refractivity contribution in [2.45, 2.75) is 26.7 Å². The van der Waals surface area contributed by atoms with Gasteiger partial charge < -0.3 is 15.6 Å². The summed E-state index contributed by atoms with van der Waals surface area (Å²) in [6, 6.07) is 0. The molecule has 1 rings (SSSR count). The second-order valence-corrected chi connectivity index (χ2v) is 3.62. The smallest absolute Gasteiger partial charge is 0.228 e. The molecule has 0 fully saturated rings. The number of amides is 1. The maximum atomic E-state index is 11.5. The van der Waals surface area contributed by atoms with E-state index in [9.17, 15) is 4.79 Å². The number of nitrogens with zero attached hydrogens (tertiary/aromatic N) is 2. The van der Waals surface area contributed by atoms with Gasteiger partial charge in [-0.25, -0.2) is 0 Å². The maximum absolute atomic E-state index is 11.5. The highest BCUT2D eigenvalue weighted by molar-refractivity contribution is 5.78. The van der Waals surface area contributed by atoms with Crippen LogP contribution in [-0.4, -0.2) is 29.1 Å². The Bertz CT molecular complexity index is 333. The van der Waals surface area contributed by atoms with Crippen LogP contribution in [0.2, 0.25) is 0 Å². The van der Waals surface area contributed by atoms with Gasteiger partial charge in [0.15, 0.2) is 5.82 Å². The van der Waals surface area contributed by atoms with E-state index in [4.69, 9.17) is 10.3 Å². The van der Waals surface area contributed by atoms with Gasteiger partial charge in [0, 0.05) is 25.4 Å². The van der Waals surface area contributed by atoms with Crippen LogP contribution in [0.25, 0.3) is 0 Å². The predicted octanol–water partition coefficient (Wildman–Crippen LogP) is 0.0216. The molecule has 90 valence electrons. The van der Waals surface area contributed by atoms with E-state index < -0.39 is 0 Å². The van der Waals surface area contributed by atoms with Crippen LogP contribution < -0.4 is 11.1 Å². The van der Waals surface area contributed by atoms with Crippen molar-refractivity contribution in [1.29, 1.82) is 0 Å². The number of nitrogens with one attached hydrogen (secondary N) is 1. The molecule has 6 heteroatoms. The molecule has 0 aromatic carbocycles. The number of carbonyl (C=O) groups is 1. The standard InChI is InChI=1S/C10H18N4O2/c1-3-8(6-11)10(15)12-5-4-9-13-7(2)14-16-9/h8H,3-6,11H2,1-2H3,(H,12,15). The van der Waals surface area contributed by atoms with Crippen LogP contribution in [0.5, 0.6) is 0 Å². The van der Waals surface area contributed by atoms with E-state index in [0.717, 1.165) is 6.42 Å². The minimum atomic E-state index is -0.107. The molecule has 1 atom stereocenters. The zero-order chi connectivity index (χ0) is 12.0. The molecule has 1 heterocycles. The van der Waals surface area contributed by atoms with Gasteiger partial charge in [0.05, 0.1) is 0 Å². The van der Waals surface area contributed by atoms with Crippen LogP contribution in [-0.2, 0) is 11.2 Å². The Morgan fingerprint density at radius 3 is 2.88 bits per heavy atom.